The van der Waals surface area contributed by atoms with Crippen molar-refractivity contribution in [3.8, 4) is 11.1 Å². The lowest BCUT2D eigenvalue weighted by Crippen LogP contribution is -2.36. The van der Waals surface area contributed by atoms with Crippen LogP contribution in [-0.4, -0.2) is 28.1 Å². The minimum absolute atomic E-state index is 0.0154. The fourth-order valence-electron chi connectivity index (χ4n) is 3.22. The molecular formula is C21H18F5N3OS. The predicted octanol–water partition coefficient (Wildman–Crippen LogP) is 4.78. The molecule has 0 unspecified atom stereocenters. The maximum Gasteiger partial charge on any atom is 0.471 e. The summed E-state index contributed by atoms with van der Waals surface area (Å²) < 4.78 is 64.5. The first-order valence-electron chi connectivity index (χ1n) is 9.21. The van der Waals surface area contributed by atoms with E-state index in [0.717, 1.165) is 16.5 Å². The Morgan fingerprint density at radius 3 is 2.55 bits per heavy atom. The third-order valence-electron chi connectivity index (χ3n) is 4.70. The van der Waals surface area contributed by atoms with Gasteiger partial charge in [0.25, 0.3) is 0 Å². The van der Waals surface area contributed by atoms with Crippen LogP contribution in [0.2, 0.25) is 0 Å². The smallest absolute Gasteiger partial charge is 0.389 e. The number of carbonyl (C=O) groups is 1. The number of amides is 1. The molecule has 0 fully saturated rings. The molecule has 0 aliphatic heterocycles. The largest absolute Gasteiger partial charge is 0.471 e. The van der Waals surface area contributed by atoms with Crippen LogP contribution in [0, 0.1) is 0 Å². The lowest BCUT2D eigenvalue weighted by Gasteiger charge is -2.09. The third-order valence-corrected chi connectivity index (χ3v) is 4.94. The van der Waals surface area contributed by atoms with Crippen LogP contribution in [-0.2, 0) is 17.9 Å². The van der Waals surface area contributed by atoms with Crippen LogP contribution in [0.3, 0.4) is 0 Å². The van der Waals surface area contributed by atoms with Gasteiger partial charge in [-0.05, 0) is 23.3 Å². The van der Waals surface area contributed by atoms with Gasteiger partial charge in [0.2, 0.25) is 6.43 Å². The molecule has 0 saturated carbocycles. The van der Waals surface area contributed by atoms with Crippen molar-refractivity contribution >= 4 is 34.0 Å². The number of nitrogens with zero attached hydrogens (tertiary/aromatic N) is 1. The number of fused-ring (bicyclic) bond motifs is 1. The molecule has 3 N–H and O–H groups in total. The number of aryl methyl sites for hydroxylation is 1. The summed E-state index contributed by atoms with van der Waals surface area (Å²) in [6, 6.07) is 12.0. The topological polar surface area (TPSA) is 60.0 Å². The van der Waals surface area contributed by atoms with Gasteiger partial charge in [0.15, 0.2) is 0 Å². The first-order valence-corrected chi connectivity index (χ1v) is 9.62. The fourth-order valence-corrected chi connectivity index (χ4v) is 3.35. The second-order valence-corrected chi connectivity index (χ2v) is 7.33. The van der Waals surface area contributed by atoms with Gasteiger partial charge >= 0.3 is 12.1 Å². The summed E-state index contributed by atoms with van der Waals surface area (Å²) in [4.78, 5) is 11.3. The van der Waals surface area contributed by atoms with Crippen LogP contribution in [0.15, 0.2) is 48.7 Å². The molecule has 0 atom stereocenters. The van der Waals surface area contributed by atoms with Crippen molar-refractivity contribution < 1.29 is 26.7 Å². The molecule has 1 amide bonds. The zero-order chi connectivity index (χ0) is 22.8. The Hall–Kier alpha value is -3.01. The molecule has 0 radical (unpaired) electrons. The molecule has 0 saturated heterocycles. The normalized spacial score (nSPS) is 11.8. The predicted molar refractivity (Wildman–Crippen MR) is 112 cm³/mol. The maximum atomic E-state index is 12.8. The number of carbonyl (C=O) groups excluding carboxylic acids is 1. The van der Waals surface area contributed by atoms with Crippen LogP contribution >= 0.6 is 12.2 Å². The zero-order valence-electron chi connectivity index (χ0n) is 16.0. The molecule has 10 heteroatoms. The van der Waals surface area contributed by atoms with Crippen molar-refractivity contribution in [3.63, 3.8) is 0 Å². The maximum absolute atomic E-state index is 12.8. The average Bonchev–Trinajstić information content (AvgIpc) is 3.07. The van der Waals surface area contributed by atoms with E-state index in [0.29, 0.717) is 16.6 Å². The molecule has 0 bridgehead atoms. The van der Waals surface area contributed by atoms with E-state index in [4.69, 9.17) is 18.0 Å². The molecule has 2 aromatic carbocycles. The van der Waals surface area contributed by atoms with Gasteiger partial charge in [-0.1, -0.05) is 42.5 Å². The van der Waals surface area contributed by atoms with Gasteiger partial charge < -0.3 is 15.6 Å². The Balaban J connectivity index is 2.01. The number of rotatable bonds is 7. The van der Waals surface area contributed by atoms with Crippen molar-refractivity contribution in [1.82, 2.24) is 9.88 Å². The summed E-state index contributed by atoms with van der Waals surface area (Å²) in [6.07, 6.45) is -6.16. The first kappa shape index (κ1) is 22.7. The van der Waals surface area contributed by atoms with E-state index < -0.39 is 18.5 Å². The van der Waals surface area contributed by atoms with Crippen LogP contribution < -0.4 is 11.1 Å². The fraction of sp³-hybridized carbons (Fsp3) is 0.238. The number of hydrogen-bond acceptors (Lipinski definition) is 2. The first-order chi connectivity index (χ1) is 14.6. The van der Waals surface area contributed by atoms with Crippen molar-refractivity contribution in [2.45, 2.75) is 32.1 Å². The van der Waals surface area contributed by atoms with Gasteiger partial charge in [0.05, 0.1) is 0 Å². The Bertz CT molecular complexity index is 1120. The molecule has 31 heavy (non-hydrogen) atoms. The zero-order valence-corrected chi connectivity index (χ0v) is 16.9. The molecular weight excluding hydrogens is 437 g/mol. The lowest BCUT2D eigenvalue weighted by molar-refractivity contribution is -0.173. The number of benzene rings is 2. The van der Waals surface area contributed by atoms with Crippen LogP contribution in [0.5, 0.6) is 0 Å². The van der Waals surface area contributed by atoms with E-state index in [-0.39, 0.29) is 24.5 Å². The Morgan fingerprint density at radius 2 is 1.90 bits per heavy atom. The molecule has 0 aliphatic carbocycles. The number of nitrogens with one attached hydrogen (secondary N) is 1. The number of aromatic nitrogens is 1. The average molecular weight is 455 g/mol. The van der Waals surface area contributed by atoms with Crippen LogP contribution in [0.1, 0.15) is 17.5 Å². The van der Waals surface area contributed by atoms with Crippen molar-refractivity contribution in [2.75, 3.05) is 0 Å². The molecule has 1 aromatic heterocycles. The van der Waals surface area contributed by atoms with Crippen LogP contribution in [0.25, 0.3) is 22.0 Å². The van der Waals surface area contributed by atoms with E-state index >= 15 is 0 Å². The standard InChI is InChI=1S/C21H18F5N3OS/c22-18(23)6-7-29-11-16(13-2-1-3-14(9-13)19(27)31)15-5-4-12(8-17(15)29)10-28-20(30)21(24,25)26/h1-5,8-9,11,18H,6-7,10H2,(H2,27,31)(H,28,30). The second-order valence-electron chi connectivity index (χ2n) is 6.89. The Kier molecular flexibility index (Phi) is 6.59. The van der Waals surface area contributed by atoms with Gasteiger partial charge in [-0.2, -0.15) is 13.2 Å². The number of nitrogens with two attached hydrogens (primary N) is 1. The van der Waals surface area contributed by atoms with E-state index in [2.05, 4.69) is 0 Å². The number of hydrogen-bond donors (Lipinski definition) is 2. The minimum atomic E-state index is -4.98. The summed E-state index contributed by atoms with van der Waals surface area (Å²) in [5.41, 5.74) is 8.83. The molecule has 164 valence electrons. The van der Waals surface area contributed by atoms with E-state index in [1.54, 1.807) is 47.2 Å². The van der Waals surface area contributed by atoms with Crippen molar-refractivity contribution in [3.05, 3.63) is 59.8 Å². The van der Waals surface area contributed by atoms with Crippen molar-refractivity contribution in [1.29, 1.82) is 0 Å². The van der Waals surface area contributed by atoms with Gasteiger partial charge in [-0.3, -0.25) is 4.79 Å². The highest BCUT2D eigenvalue weighted by atomic mass is 32.1. The Labute approximate surface area is 179 Å². The molecule has 1 heterocycles. The number of alkyl halides is 5. The van der Waals surface area contributed by atoms with E-state index in [9.17, 15) is 26.7 Å². The van der Waals surface area contributed by atoms with Crippen LogP contribution in [0.4, 0.5) is 22.0 Å². The minimum Gasteiger partial charge on any atom is -0.389 e. The van der Waals surface area contributed by atoms with Crippen molar-refractivity contribution in [2.24, 2.45) is 5.73 Å². The highest BCUT2D eigenvalue weighted by molar-refractivity contribution is 7.80. The van der Waals surface area contributed by atoms with E-state index in [1.165, 1.54) is 0 Å². The molecule has 4 nitrogen and oxygen atoms in total. The van der Waals surface area contributed by atoms with Gasteiger partial charge in [-0.15, -0.1) is 0 Å². The molecule has 0 aliphatic rings. The quantitative estimate of drug-likeness (QED) is 0.398. The van der Waals surface area contributed by atoms with Gasteiger partial charge in [0, 0.05) is 47.7 Å². The highest BCUT2D eigenvalue weighted by Gasteiger charge is 2.38. The molecule has 3 aromatic rings. The molecule has 0 spiro atoms. The van der Waals surface area contributed by atoms with Gasteiger partial charge in [-0.25, -0.2) is 8.78 Å². The number of halogens is 5. The summed E-state index contributed by atoms with van der Waals surface area (Å²) in [6.45, 7) is -0.331. The second kappa shape index (κ2) is 9.01. The third kappa shape index (κ3) is 5.38. The Morgan fingerprint density at radius 1 is 1.16 bits per heavy atom. The monoisotopic (exact) mass is 455 g/mol. The summed E-state index contributed by atoms with van der Waals surface area (Å²) in [7, 11) is 0. The van der Waals surface area contributed by atoms with Gasteiger partial charge in [0.1, 0.15) is 4.99 Å². The summed E-state index contributed by atoms with van der Waals surface area (Å²) in [5.74, 6) is -2.05. The molecule has 3 rings (SSSR count). The summed E-state index contributed by atoms with van der Waals surface area (Å²) >= 11 is 5.01. The summed E-state index contributed by atoms with van der Waals surface area (Å²) in [5, 5.41) is 2.53. The highest BCUT2D eigenvalue weighted by Crippen LogP contribution is 2.32. The lowest BCUT2D eigenvalue weighted by atomic mass is 10.0. The number of thiocarbonyl (C=S) groups is 1. The van der Waals surface area contributed by atoms with E-state index in [1.807, 2.05) is 11.4 Å². The SMILES string of the molecule is NC(=S)c1cccc(-c2cn(CCC(F)F)c3cc(CNC(=O)C(F)(F)F)ccc23)c1.